The topological polar surface area (TPSA) is 63.7 Å². The molecule has 0 saturated heterocycles. The van der Waals surface area contributed by atoms with Gasteiger partial charge in [0.2, 0.25) is 5.82 Å². The average molecular weight is 228 g/mol. The van der Waals surface area contributed by atoms with Crippen LogP contribution in [-0.4, -0.2) is 26.2 Å². The predicted molar refractivity (Wildman–Crippen MR) is 63.4 cm³/mol. The molecule has 0 bridgehead atoms. The van der Waals surface area contributed by atoms with E-state index in [-0.39, 0.29) is 5.60 Å². The molecule has 0 radical (unpaired) electrons. The number of hydrogen-bond donors (Lipinski definition) is 1. The van der Waals surface area contributed by atoms with Crippen LogP contribution in [0.3, 0.4) is 0 Å². The van der Waals surface area contributed by atoms with Gasteiger partial charge in [0.1, 0.15) is 11.4 Å². The standard InChI is InChI=1S/C12H12N4O/c1-12(2)6-5-8-7-9(3-4-10(8)17-12)11-13-15-16-14-11/h3-7H,1-2H3,(H,13,14,15,16). The number of benzene rings is 1. The predicted octanol–water partition coefficient (Wildman–Crippen LogP) is 2.05. The second-order valence-electron chi connectivity index (χ2n) is 4.53. The lowest BCUT2D eigenvalue weighted by Crippen LogP contribution is -2.27. The molecule has 2 aromatic rings. The smallest absolute Gasteiger partial charge is 0.204 e. The van der Waals surface area contributed by atoms with E-state index in [1.807, 2.05) is 38.1 Å². The Morgan fingerprint density at radius 3 is 2.94 bits per heavy atom. The Labute approximate surface area is 98.5 Å². The first-order chi connectivity index (χ1) is 8.14. The van der Waals surface area contributed by atoms with E-state index in [9.17, 15) is 0 Å². The van der Waals surface area contributed by atoms with Crippen LogP contribution in [-0.2, 0) is 0 Å². The highest BCUT2D eigenvalue weighted by Gasteiger charge is 2.21. The summed E-state index contributed by atoms with van der Waals surface area (Å²) in [5.74, 6) is 1.47. The van der Waals surface area contributed by atoms with Crippen LogP contribution in [0.2, 0.25) is 0 Å². The number of rotatable bonds is 1. The van der Waals surface area contributed by atoms with Crippen LogP contribution in [0.4, 0.5) is 0 Å². The molecule has 17 heavy (non-hydrogen) atoms. The maximum atomic E-state index is 5.84. The van der Waals surface area contributed by atoms with E-state index in [0.29, 0.717) is 5.82 Å². The van der Waals surface area contributed by atoms with E-state index in [2.05, 4.69) is 26.7 Å². The first kappa shape index (κ1) is 10.0. The van der Waals surface area contributed by atoms with Crippen molar-refractivity contribution >= 4 is 6.08 Å². The minimum atomic E-state index is -0.249. The van der Waals surface area contributed by atoms with Crippen LogP contribution >= 0.6 is 0 Å². The van der Waals surface area contributed by atoms with Crippen LogP contribution < -0.4 is 4.74 Å². The highest BCUT2D eigenvalue weighted by Crippen LogP contribution is 2.32. The average Bonchev–Trinajstić information content (AvgIpc) is 2.81. The molecular weight excluding hydrogens is 216 g/mol. The first-order valence-electron chi connectivity index (χ1n) is 5.40. The molecule has 1 N–H and O–H groups in total. The Hall–Kier alpha value is -2.17. The lowest BCUT2D eigenvalue weighted by Gasteiger charge is -2.27. The Morgan fingerprint density at radius 2 is 2.18 bits per heavy atom. The van der Waals surface area contributed by atoms with Gasteiger partial charge in [-0.2, -0.15) is 5.21 Å². The van der Waals surface area contributed by atoms with Gasteiger partial charge in [0.25, 0.3) is 0 Å². The molecule has 1 aliphatic rings. The lowest BCUT2D eigenvalue weighted by atomic mass is 10.0. The van der Waals surface area contributed by atoms with Gasteiger partial charge in [-0.1, -0.05) is 6.08 Å². The molecule has 1 aromatic carbocycles. The SMILES string of the molecule is CC1(C)C=Cc2cc(-c3nn[nH]n3)ccc2O1. The van der Waals surface area contributed by atoms with Gasteiger partial charge in [-0.15, -0.1) is 10.2 Å². The van der Waals surface area contributed by atoms with Gasteiger partial charge in [0.15, 0.2) is 0 Å². The highest BCUT2D eigenvalue weighted by atomic mass is 16.5. The van der Waals surface area contributed by atoms with Crippen LogP contribution in [0, 0.1) is 0 Å². The van der Waals surface area contributed by atoms with Crippen molar-refractivity contribution in [1.29, 1.82) is 0 Å². The fraction of sp³-hybridized carbons (Fsp3) is 0.250. The zero-order valence-corrected chi connectivity index (χ0v) is 9.64. The van der Waals surface area contributed by atoms with Gasteiger partial charge in [-0.25, -0.2) is 0 Å². The number of nitrogens with zero attached hydrogens (tertiary/aromatic N) is 3. The minimum absolute atomic E-state index is 0.249. The Bertz CT molecular complexity index is 572. The molecule has 1 aliphatic heterocycles. The minimum Gasteiger partial charge on any atom is -0.483 e. The molecule has 1 aromatic heterocycles. The third-order valence-corrected chi connectivity index (χ3v) is 2.65. The van der Waals surface area contributed by atoms with Crippen LogP contribution in [0.5, 0.6) is 5.75 Å². The Morgan fingerprint density at radius 1 is 1.29 bits per heavy atom. The maximum absolute atomic E-state index is 5.84. The van der Waals surface area contributed by atoms with Crippen molar-refractivity contribution in [3.63, 3.8) is 0 Å². The molecular formula is C12H12N4O. The summed E-state index contributed by atoms with van der Waals surface area (Å²) in [6, 6.07) is 5.86. The maximum Gasteiger partial charge on any atom is 0.204 e. The summed E-state index contributed by atoms with van der Waals surface area (Å²) in [4.78, 5) is 0. The summed E-state index contributed by atoms with van der Waals surface area (Å²) in [6.45, 7) is 4.05. The van der Waals surface area contributed by atoms with Crippen molar-refractivity contribution < 1.29 is 4.74 Å². The number of hydrogen-bond acceptors (Lipinski definition) is 4. The molecule has 5 heteroatoms. The van der Waals surface area contributed by atoms with Gasteiger partial charge >= 0.3 is 0 Å². The van der Waals surface area contributed by atoms with Crippen molar-refractivity contribution in [3.8, 4) is 17.1 Å². The van der Waals surface area contributed by atoms with E-state index in [1.165, 1.54) is 0 Å². The normalized spacial score (nSPS) is 16.4. The molecule has 0 aliphatic carbocycles. The number of aromatic amines is 1. The van der Waals surface area contributed by atoms with Crippen LogP contribution in [0.15, 0.2) is 24.3 Å². The molecule has 0 spiro atoms. The quantitative estimate of drug-likeness (QED) is 0.811. The van der Waals surface area contributed by atoms with Crippen molar-refractivity contribution in [2.75, 3.05) is 0 Å². The zero-order chi connectivity index (χ0) is 11.9. The van der Waals surface area contributed by atoms with Gasteiger partial charge in [0, 0.05) is 11.1 Å². The molecule has 0 amide bonds. The summed E-state index contributed by atoms with van der Waals surface area (Å²) in [5.41, 5.74) is 1.71. The van der Waals surface area contributed by atoms with E-state index >= 15 is 0 Å². The number of aromatic nitrogens is 4. The molecule has 5 nitrogen and oxygen atoms in total. The fourth-order valence-corrected chi connectivity index (χ4v) is 1.80. The first-order valence-corrected chi connectivity index (χ1v) is 5.40. The van der Waals surface area contributed by atoms with Crippen LogP contribution in [0.25, 0.3) is 17.5 Å². The Kier molecular flexibility index (Phi) is 2.01. The van der Waals surface area contributed by atoms with E-state index in [1.54, 1.807) is 0 Å². The highest BCUT2D eigenvalue weighted by molar-refractivity contribution is 5.68. The van der Waals surface area contributed by atoms with E-state index in [4.69, 9.17) is 4.74 Å². The largest absolute Gasteiger partial charge is 0.483 e. The molecule has 3 rings (SSSR count). The summed E-state index contributed by atoms with van der Waals surface area (Å²) in [5, 5.41) is 13.9. The summed E-state index contributed by atoms with van der Waals surface area (Å²) < 4.78 is 5.84. The second-order valence-corrected chi connectivity index (χ2v) is 4.53. The summed E-state index contributed by atoms with van der Waals surface area (Å²) >= 11 is 0. The van der Waals surface area contributed by atoms with E-state index < -0.39 is 0 Å². The summed E-state index contributed by atoms with van der Waals surface area (Å²) in [7, 11) is 0. The Balaban J connectivity index is 2.04. The summed E-state index contributed by atoms with van der Waals surface area (Å²) in [6.07, 6.45) is 4.09. The van der Waals surface area contributed by atoms with E-state index in [0.717, 1.165) is 16.9 Å². The lowest BCUT2D eigenvalue weighted by molar-refractivity contribution is 0.159. The van der Waals surface area contributed by atoms with Gasteiger partial charge in [-0.05, 0) is 43.3 Å². The number of tetrazole rings is 1. The zero-order valence-electron chi connectivity index (χ0n) is 9.64. The molecule has 0 fully saturated rings. The van der Waals surface area contributed by atoms with Crippen LogP contribution in [0.1, 0.15) is 19.4 Å². The van der Waals surface area contributed by atoms with Crippen molar-refractivity contribution in [1.82, 2.24) is 20.6 Å². The molecule has 0 atom stereocenters. The fourth-order valence-electron chi connectivity index (χ4n) is 1.80. The van der Waals surface area contributed by atoms with Crippen molar-refractivity contribution in [3.05, 3.63) is 29.8 Å². The number of ether oxygens (including phenoxy) is 1. The van der Waals surface area contributed by atoms with Crippen molar-refractivity contribution in [2.45, 2.75) is 19.4 Å². The second kappa shape index (κ2) is 3.41. The van der Waals surface area contributed by atoms with Gasteiger partial charge < -0.3 is 4.74 Å². The number of H-pyrrole nitrogens is 1. The third kappa shape index (κ3) is 1.80. The van der Waals surface area contributed by atoms with Crippen molar-refractivity contribution in [2.24, 2.45) is 0 Å². The number of nitrogens with one attached hydrogen (secondary N) is 1. The third-order valence-electron chi connectivity index (χ3n) is 2.65. The molecule has 0 saturated carbocycles. The monoisotopic (exact) mass is 228 g/mol. The van der Waals surface area contributed by atoms with Gasteiger partial charge in [-0.3, -0.25) is 0 Å². The number of fused-ring (bicyclic) bond motifs is 1. The molecule has 0 unspecified atom stereocenters. The molecule has 86 valence electrons. The van der Waals surface area contributed by atoms with Gasteiger partial charge in [0.05, 0.1) is 0 Å². The molecule has 2 heterocycles.